The maximum Gasteiger partial charge on any atom is 0.300 e. The van der Waals surface area contributed by atoms with Crippen LogP contribution in [0, 0.1) is 5.82 Å². The fraction of sp³-hybridized carbons (Fsp3) is 0.292. The van der Waals surface area contributed by atoms with Crippen molar-refractivity contribution in [3.63, 3.8) is 0 Å². The van der Waals surface area contributed by atoms with E-state index in [1.54, 1.807) is 18.5 Å². The average molecular weight is 595 g/mol. The molecule has 1 aliphatic rings. The number of aromatic hydroxyl groups is 1. The fourth-order valence-electron chi connectivity index (χ4n) is 3.69. The standard InChI is InChI=1S/C22H18BrFN4O3S2.C2H7N/c23-16-9-14(27-3-5-31-6-4-27)11-28-20(16)26-18(19(29)22(28)30)21-25-10-15(33-21)7-12-1-2-13(24)8-17(12)32;1-3-2/h1-2,8-11,29,32H,3-7H2;3H,1-2H3. The van der Waals surface area contributed by atoms with Crippen LogP contribution in [0.25, 0.3) is 16.3 Å². The molecule has 0 atom stereocenters. The maximum absolute atomic E-state index is 13.3. The van der Waals surface area contributed by atoms with Crippen molar-refractivity contribution in [3.8, 4) is 16.5 Å². The molecule has 12 heteroatoms. The molecule has 0 bridgehead atoms. The lowest BCUT2D eigenvalue weighted by molar-refractivity contribution is 0.122. The number of aromatic nitrogens is 3. The van der Waals surface area contributed by atoms with Crippen molar-refractivity contribution in [2.75, 3.05) is 45.3 Å². The zero-order chi connectivity index (χ0) is 25.8. The van der Waals surface area contributed by atoms with Gasteiger partial charge in [0.05, 0.1) is 23.4 Å². The Bertz CT molecular complexity index is 1440. The van der Waals surface area contributed by atoms with E-state index >= 15 is 0 Å². The number of pyridine rings is 1. The highest BCUT2D eigenvalue weighted by Crippen LogP contribution is 2.33. The van der Waals surface area contributed by atoms with E-state index in [0.29, 0.717) is 52.7 Å². The predicted molar refractivity (Wildman–Crippen MR) is 146 cm³/mol. The third-order valence-electron chi connectivity index (χ3n) is 5.39. The molecule has 4 heterocycles. The Morgan fingerprint density at radius 2 is 2.00 bits per heavy atom. The van der Waals surface area contributed by atoms with Gasteiger partial charge < -0.3 is 20.1 Å². The highest BCUT2D eigenvalue weighted by molar-refractivity contribution is 9.10. The summed E-state index contributed by atoms with van der Waals surface area (Å²) in [5, 5.41) is 13.9. The lowest BCUT2D eigenvalue weighted by atomic mass is 10.1. The van der Waals surface area contributed by atoms with Crippen LogP contribution >= 0.6 is 39.9 Å². The molecular weight excluding hydrogens is 569 g/mol. The van der Waals surface area contributed by atoms with Crippen molar-refractivity contribution in [2.45, 2.75) is 11.3 Å². The number of nitrogens with one attached hydrogen (secondary N) is 1. The number of hydrogen-bond donors (Lipinski definition) is 3. The van der Waals surface area contributed by atoms with Gasteiger partial charge >= 0.3 is 5.56 Å². The minimum absolute atomic E-state index is 0.126. The summed E-state index contributed by atoms with van der Waals surface area (Å²) in [6.45, 7) is 2.67. The Morgan fingerprint density at radius 3 is 2.69 bits per heavy atom. The summed E-state index contributed by atoms with van der Waals surface area (Å²) in [6.07, 6.45) is 3.84. The van der Waals surface area contributed by atoms with E-state index in [1.807, 2.05) is 20.2 Å². The second-order valence-corrected chi connectivity index (χ2v) is 10.5. The van der Waals surface area contributed by atoms with Crippen molar-refractivity contribution in [1.29, 1.82) is 0 Å². The molecule has 0 radical (unpaired) electrons. The zero-order valence-electron chi connectivity index (χ0n) is 19.7. The second kappa shape index (κ2) is 11.7. The number of halogens is 2. The molecule has 0 unspecified atom stereocenters. The van der Waals surface area contributed by atoms with Crippen LogP contribution in [0.3, 0.4) is 0 Å². The lowest BCUT2D eigenvalue weighted by Gasteiger charge is -2.29. The summed E-state index contributed by atoms with van der Waals surface area (Å²) in [5.41, 5.74) is 1.63. The first-order valence-corrected chi connectivity index (χ1v) is 13.2. The summed E-state index contributed by atoms with van der Waals surface area (Å²) in [5.74, 6) is -0.807. The Morgan fingerprint density at radius 1 is 1.28 bits per heavy atom. The number of fused-ring (bicyclic) bond motifs is 1. The number of thiazole rings is 1. The van der Waals surface area contributed by atoms with Gasteiger partial charge in [-0.25, -0.2) is 14.4 Å². The van der Waals surface area contributed by atoms with Gasteiger partial charge in [0.2, 0.25) is 5.75 Å². The fourth-order valence-corrected chi connectivity index (χ4v) is 5.41. The monoisotopic (exact) mass is 593 g/mol. The third kappa shape index (κ3) is 5.73. The third-order valence-corrected chi connectivity index (χ3v) is 7.39. The highest BCUT2D eigenvalue weighted by Gasteiger charge is 2.20. The number of nitrogens with zero attached hydrogens (tertiary/aromatic N) is 4. The minimum atomic E-state index is -0.571. The molecule has 4 aromatic rings. The summed E-state index contributed by atoms with van der Waals surface area (Å²) in [7, 11) is 3.75. The molecule has 0 aliphatic carbocycles. The Hall–Kier alpha value is -2.51. The van der Waals surface area contributed by atoms with Crippen molar-refractivity contribution >= 4 is 51.2 Å². The summed E-state index contributed by atoms with van der Waals surface area (Å²) >= 11 is 9.17. The number of ether oxygens (including phenoxy) is 1. The van der Waals surface area contributed by atoms with E-state index in [-0.39, 0.29) is 11.5 Å². The van der Waals surface area contributed by atoms with Gasteiger partial charge in [0.1, 0.15) is 16.5 Å². The number of thiol groups is 1. The molecule has 5 rings (SSSR count). The molecule has 2 N–H and O–H groups in total. The van der Waals surface area contributed by atoms with Crippen LogP contribution < -0.4 is 15.8 Å². The average Bonchev–Trinajstić information content (AvgIpc) is 3.32. The molecule has 1 fully saturated rings. The molecule has 8 nitrogen and oxygen atoms in total. The molecule has 1 aliphatic heterocycles. The van der Waals surface area contributed by atoms with Gasteiger partial charge in [-0.2, -0.15) is 0 Å². The van der Waals surface area contributed by atoms with Gasteiger partial charge in [-0.1, -0.05) is 6.07 Å². The maximum atomic E-state index is 13.3. The summed E-state index contributed by atoms with van der Waals surface area (Å²) in [4.78, 5) is 25.5. The van der Waals surface area contributed by atoms with E-state index < -0.39 is 11.3 Å². The van der Waals surface area contributed by atoms with Gasteiger partial charge in [0.15, 0.2) is 5.65 Å². The molecule has 1 saturated heterocycles. The normalized spacial score (nSPS) is 13.5. The molecule has 190 valence electrons. The first kappa shape index (κ1) is 26.6. The number of anilines is 1. The molecule has 0 spiro atoms. The van der Waals surface area contributed by atoms with E-state index in [9.17, 15) is 14.3 Å². The van der Waals surface area contributed by atoms with Crippen molar-refractivity contribution in [2.24, 2.45) is 0 Å². The quantitative estimate of drug-likeness (QED) is 0.308. The van der Waals surface area contributed by atoms with E-state index in [0.717, 1.165) is 16.1 Å². The lowest BCUT2D eigenvalue weighted by Crippen LogP contribution is -2.36. The Balaban J connectivity index is 0.000000967. The number of hydrogen-bond acceptors (Lipinski definition) is 9. The molecule has 0 amide bonds. The molecule has 3 aromatic heterocycles. The van der Waals surface area contributed by atoms with Crippen LogP contribution in [-0.4, -0.2) is 59.9 Å². The highest BCUT2D eigenvalue weighted by atomic mass is 79.9. The van der Waals surface area contributed by atoms with E-state index in [4.69, 9.17) is 4.74 Å². The van der Waals surface area contributed by atoms with Gasteiger partial charge in [0, 0.05) is 41.7 Å². The van der Waals surface area contributed by atoms with Gasteiger partial charge in [-0.3, -0.25) is 9.20 Å². The molecular formula is C24H25BrFN5O3S2. The van der Waals surface area contributed by atoms with Crippen LogP contribution in [0.4, 0.5) is 10.1 Å². The first-order valence-electron chi connectivity index (χ1n) is 11.1. The van der Waals surface area contributed by atoms with Crippen molar-refractivity contribution in [3.05, 3.63) is 67.7 Å². The van der Waals surface area contributed by atoms with Gasteiger partial charge in [-0.15, -0.1) is 24.0 Å². The number of benzene rings is 1. The second-order valence-electron chi connectivity index (χ2n) is 8.03. The predicted octanol–water partition coefficient (Wildman–Crippen LogP) is 3.98. The molecule has 0 saturated carbocycles. The van der Waals surface area contributed by atoms with Gasteiger partial charge in [-0.05, 0) is 53.8 Å². The summed E-state index contributed by atoms with van der Waals surface area (Å²) < 4.78 is 20.7. The zero-order valence-corrected chi connectivity index (χ0v) is 23.0. The van der Waals surface area contributed by atoms with Crippen LogP contribution in [0.15, 0.2) is 50.8 Å². The SMILES string of the molecule is CNC.O=c1c(O)c(-c2ncc(Cc3ccc(F)cc3S)s2)nc2c(Br)cc(N3CCOCC3)cn12. The van der Waals surface area contributed by atoms with Crippen molar-refractivity contribution in [1.82, 2.24) is 19.7 Å². The van der Waals surface area contributed by atoms with Crippen LogP contribution in [-0.2, 0) is 11.2 Å². The number of rotatable bonds is 4. The molecule has 1 aromatic carbocycles. The summed E-state index contributed by atoms with van der Waals surface area (Å²) in [6, 6.07) is 6.33. The Labute approximate surface area is 225 Å². The first-order chi connectivity index (χ1) is 17.3. The smallest absolute Gasteiger partial charge is 0.300 e. The largest absolute Gasteiger partial charge is 0.501 e. The minimum Gasteiger partial charge on any atom is -0.501 e. The van der Waals surface area contributed by atoms with Crippen molar-refractivity contribution < 1.29 is 14.2 Å². The van der Waals surface area contributed by atoms with Crippen LogP contribution in [0.2, 0.25) is 0 Å². The molecule has 36 heavy (non-hydrogen) atoms. The number of morpholine rings is 1. The van der Waals surface area contributed by atoms with Crippen LogP contribution in [0.5, 0.6) is 5.75 Å². The Kier molecular flexibility index (Phi) is 8.62. The van der Waals surface area contributed by atoms with E-state index in [2.05, 4.69) is 48.7 Å². The van der Waals surface area contributed by atoms with Crippen LogP contribution in [0.1, 0.15) is 10.4 Å². The van der Waals surface area contributed by atoms with Gasteiger partial charge in [0.25, 0.3) is 0 Å². The van der Waals surface area contributed by atoms with E-state index in [1.165, 1.54) is 27.9 Å². The topological polar surface area (TPSA) is 92.0 Å².